The molecule has 1 saturated heterocycles. The molecule has 5 rings (SSSR count). The van der Waals surface area contributed by atoms with Crippen molar-refractivity contribution in [2.75, 3.05) is 13.1 Å². The molecule has 0 radical (unpaired) electrons. The van der Waals surface area contributed by atoms with Gasteiger partial charge < -0.3 is 0 Å². The van der Waals surface area contributed by atoms with E-state index in [0.29, 0.717) is 30.0 Å². The Labute approximate surface area is 210 Å². The summed E-state index contributed by atoms with van der Waals surface area (Å²) in [5, 5.41) is 0. The maximum Gasteiger partial charge on any atom is 0.402 e. The minimum absolute atomic E-state index is 0.156. The molecule has 37 heavy (non-hydrogen) atoms. The number of halogens is 4. The first-order valence-corrected chi connectivity index (χ1v) is 13.1. The summed E-state index contributed by atoms with van der Waals surface area (Å²) in [5.41, 5.74) is 5.73. The van der Waals surface area contributed by atoms with E-state index in [4.69, 9.17) is 0 Å². The highest BCUT2D eigenvalue weighted by atomic mass is 32.2. The maximum atomic E-state index is 13.0. The predicted octanol–water partition coefficient (Wildman–Crippen LogP) is 2.48. The first-order valence-electron chi connectivity index (χ1n) is 11.7. The fraction of sp³-hybridized carbons (Fsp3) is 0.417. The average molecular weight is 541 g/mol. The summed E-state index contributed by atoms with van der Waals surface area (Å²) in [6, 6.07) is 9.80. The second kappa shape index (κ2) is 9.07. The molecule has 3 aliphatic rings. The van der Waals surface area contributed by atoms with Gasteiger partial charge in [-0.25, -0.2) is 4.39 Å². The number of hydrogen-bond donors (Lipinski definition) is 3. The van der Waals surface area contributed by atoms with Crippen LogP contribution in [0.4, 0.5) is 17.6 Å². The van der Waals surface area contributed by atoms with Gasteiger partial charge in [0.2, 0.25) is 0 Å². The van der Waals surface area contributed by atoms with Crippen molar-refractivity contribution in [1.29, 1.82) is 0 Å². The van der Waals surface area contributed by atoms with E-state index in [1.807, 2.05) is 0 Å². The van der Waals surface area contributed by atoms with Gasteiger partial charge in [-0.1, -0.05) is 6.07 Å². The first kappa shape index (κ1) is 25.6. The first-order chi connectivity index (χ1) is 17.4. The minimum Gasteiger partial charge on any atom is -0.267 e. The van der Waals surface area contributed by atoms with Crippen LogP contribution in [-0.2, 0) is 23.1 Å². The summed E-state index contributed by atoms with van der Waals surface area (Å²) >= 11 is 0. The number of nitrogens with one attached hydrogen (secondary N) is 3. The molecule has 3 N–H and O–H groups in total. The molecule has 2 aromatic carbocycles. The van der Waals surface area contributed by atoms with E-state index in [-0.39, 0.29) is 29.5 Å². The lowest BCUT2D eigenvalue weighted by Gasteiger charge is -2.33. The number of carbonyl (C=O) groups excluding carboxylic acids is 2. The molecule has 1 saturated carbocycles. The largest absolute Gasteiger partial charge is 0.402 e. The predicted molar refractivity (Wildman–Crippen MR) is 124 cm³/mol. The number of nitrogens with zero attached hydrogens (tertiary/aromatic N) is 1. The van der Waals surface area contributed by atoms with Crippen LogP contribution in [0, 0.1) is 17.7 Å². The van der Waals surface area contributed by atoms with Gasteiger partial charge in [-0.15, -0.1) is 0 Å². The van der Waals surface area contributed by atoms with Gasteiger partial charge in [0, 0.05) is 17.7 Å². The molecule has 198 valence electrons. The van der Waals surface area contributed by atoms with E-state index in [1.54, 1.807) is 18.2 Å². The van der Waals surface area contributed by atoms with Crippen LogP contribution in [0.3, 0.4) is 0 Å². The van der Waals surface area contributed by atoms with Crippen LogP contribution >= 0.6 is 0 Å². The molecular weight excluding hydrogens is 516 g/mol. The fourth-order valence-corrected chi connectivity index (χ4v) is 7.55. The molecule has 2 bridgehead atoms. The van der Waals surface area contributed by atoms with Gasteiger partial charge in [0.1, 0.15) is 12.4 Å². The number of hydrazine groups is 1. The average Bonchev–Trinajstić information content (AvgIpc) is 3.20. The third-order valence-electron chi connectivity index (χ3n) is 7.57. The van der Waals surface area contributed by atoms with Crippen LogP contribution in [0.2, 0.25) is 0 Å². The van der Waals surface area contributed by atoms with Crippen molar-refractivity contribution in [1.82, 2.24) is 19.9 Å². The lowest BCUT2D eigenvalue weighted by atomic mass is 9.79. The van der Waals surface area contributed by atoms with E-state index in [2.05, 4.69) is 15.6 Å². The second-order valence-corrected chi connectivity index (χ2v) is 11.5. The molecule has 3 atom stereocenters. The molecular formula is C24H24F4N4O4S. The van der Waals surface area contributed by atoms with Crippen molar-refractivity contribution >= 4 is 22.0 Å². The number of hydrogen-bond acceptors (Lipinski definition) is 4. The summed E-state index contributed by atoms with van der Waals surface area (Å²) in [6.07, 6.45) is -2.45. The highest BCUT2D eigenvalue weighted by Gasteiger charge is 2.60. The Bertz CT molecular complexity index is 1350. The van der Waals surface area contributed by atoms with Gasteiger partial charge in [-0.05, 0) is 85.0 Å². The Kier molecular flexibility index (Phi) is 6.28. The minimum atomic E-state index is -4.65. The van der Waals surface area contributed by atoms with E-state index in [9.17, 15) is 35.6 Å². The molecule has 2 aromatic rings. The number of rotatable bonds is 3. The summed E-state index contributed by atoms with van der Waals surface area (Å²) in [6.45, 7) is -1.79. The Morgan fingerprint density at radius 1 is 0.946 bits per heavy atom. The van der Waals surface area contributed by atoms with E-state index >= 15 is 0 Å². The molecule has 8 nitrogen and oxygen atoms in total. The van der Waals surface area contributed by atoms with Crippen molar-refractivity contribution in [3.8, 4) is 0 Å². The summed E-state index contributed by atoms with van der Waals surface area (Å²) in [4.78, 5) is 24.9. The maximum absolute atomic E-state index is 13.0. The smallest absolute Gasteiger partial charge is 0.267 e. The quantitative estimate of drug-likeness (QED) is 0.411. The van der Waals surface area contributed by atoms with Crippen LogP contribution < -0.4 is 15.6 Å². The van der Waals surface area contributed by atoms with Gasteiger partial charge in [0.25, 0.3) is 22.0 Å². The normalized spacial score (nSPS) is 26.5. The van der Waals surface area contributed by atoms with Gasteiger partial charge in [-0.3, -0.25) is 20.4 Å². The third-order valence-corrected chi connectivity index (χ3v) is 9.15. The van der Waals surface area contributed by atoms with Crippen molar-refractivity contribution < 1.29 is 35.6 Å². The molecule has 2 fully saturated rings. The second-order valence-electron chi connectivity index (χ2n) is 9.81. The lowest BCUT2D eigenvalue weighted by molar-refractivity contribution is -0.136. The van der Waals surface area contributed by atoms with Crippen LogP contribution in [0.15, 0.2) is 42.5 Å². The van der Waals surface area contributed by atoms with Crippen molar-refractivity contribution in [3.63, 3.8) is 0 Å². The Balaban J connectivity index is 1.31. The van der Waals surface area contributed by atoms with Crippen molar-refractivity contribution in [3.05, 3.63) is 70.5 Å². The topological polar surface area (TPSA) is 108 Å². The van der Waals surface area contributed by atoms with Gasteiger partial charge in [0.05, 0.1) is 5.54 Å². The molecule has 1 aliphatic heterocycles. The van der Waals surface area contributed by atoms with Crippen LogP contribution in [-0.4, -0.2) is 49.3 Å². The molecule has 2 aliphatic carbocycles. The summed E-state index contributed by atoms with van der Waals surface area (Å²) < 4.78 is 80.5. The van der Waals surface area contributed by atoms with Crippen LogP contribution in [0.25, 0.3) is 0 Å². The number of fused-ring (bicyclic) bond motifs is 1. The zero-order valence-electron chi connectivity index (χ0n) is 19.4. The standard InChI is InChI=1S/C24H24F4N4O4S/c25-20-7-3-14(4-8-20)21(33)29-30-22(34)16-2-1-15-10-18-5-6-19(11-17(15)9-16)23(18)12-32(13-24(26,27)28)37(35,36)31-23/h1-4,7-9,18-19,31H,5-6,10-13H2,(H,29,33)(H,30,34)/t18-,19+,23-/m1/s1. The zero-order chi connectivity index (χ0) is 26.6. The van der Waals surface area contributed by atoms with Crippen LogP contribution in [0.5, 0.6) is 0 Å². The highest BCUT2D eigenvalue weighted by Crippen LogP contribution is 2.50. The highest BCUT2D eigenvalue weighted by molar-refractivity contribution is 7.87. The van der Waals surface area contributed by atoms with Crippen molar-refractivity contribution in [2.45, 2.75) is 37.4 Å². The number of alkyl halides is 3. The van der Waals surface area contributed by atoms with E-state index in [1.165, 1.54) is 12.1 Å². The van der Waals surface area contributed by atoms with Gasteiger partial charge in [0.15, 0.2) is 0 Å². The Morgan fingerprint density at radius 2 is 1.51 bits per heavy atom. The third kappa shape index (κ3) is 4.94. The zero-order valence-corrected chi connectivity index (χ0v) is 20.3. The molecule has 1 spiro atoms. The SMILES string of the molecule is O=C(NNC(=O)c1ccc2c(c1)C[C@@H]1CC[C@H](C2)[C@]12CN(CC(F)(F)F)S(=O)(=O)N2)c1ccc(F)cc1. The Morgan fingerprint density at radius 3 is 2.14 bits per heavy atom. The van der Waals surface area contributed by atoms with Crippen molar-refractivity contribution in [2.24, 2.45) is 11.8 Å². The van der Waals surface area contributed by atoms with Crippen LogP contribution in [0.1, 0.15) is 44.7 Å². The monoisotopic (exact) mass is 540 g/mol. The number of amides is 2. The molecule has 0 unspecified atom stereocenters. The number of benzene rings is 2. The Hall–Kier alpha value is -3.03. The van der Waals surface area contributed by atoms with E-state index in [0.717, 1.165) is 23.3 Å². The molecule has 1 heterocycles. The van der Waals surface area contributed by atoms with E-state index < -0.39 is 46.1 Å². The molecule has 13 heteroatoms. The summed E-state index contributed by atoms with van der Waals surface area (Å²) in [5.74, 6) is -2.12. The lowest BCUT2D eigenvalue weighted by Crippen LogP contribution is -2.52. The van der Waals surface area contributed by atoms with Gasteiger partial charge >= 0.3 is 6.18 Å². The summed E-state index contributed by atoms with van der Waals surface area (Å²) in [7, 11) is -4.28. The molecule has 0 aromatic heterocycles. The number of carbonyl (C=O) groups is 2. The van der Waals surface area contributed by atoms with Gasteiger partial charge in [-0.2, -0.15) is 30.6 Å². The molecule has 2 amide bonds. The fourth-order valence-electron chi connectivity index (χ4n) is 5.85.